The molecule has 2 aromatic carbocycles. The number of aromatic nitrogens is 2. The van der Waals surface area contributed by atoms with E-state index < -0.39 is 5.60 Å². The van der Waals surface area contributed by atoms with Crippen LogP contribution in [0, 0.1) is 5.41 Å². The maximum Gasteiger partial charge on any atom is 0.410 e. The largest absolute Gasteiger partial charge is 0.444 e. The fourth-order valence-corrected chi connectivity index (χ4v) is 5.76. The van der Waals surface area contributed by atoms with E-state index in [4.69, 9.17) is 9.72 Å². The number of carbonyl (C=O) groups is 1. The number of amides is 1. The molecule has 1 N–H and O–H groups in total. The number of carbonyl (C=O) groups excluding carboxylic acids is 1. The summed E-state index contributed by atoms with van der Waals surface area (Å²) in [4.78, 5) is 23.1. The van der Waals surface area contributed by atoms with Gasteiger partial charge in [-0.25, -0.2) is 9.78 Å². The zero-order valence-corrected chi connectivity index (χ0v) is 20.8. The molecule has 1 atom stereocenters. The predicted octanol–water partition coefficient (Wildman–Crippen LogP) is 6.87. The Kier molecular flexibility index (Phi) is 4.57. The lowest BCUT2D eigenvalue weighted by Crippen LogP contribution is -2.37. The first kappa shape index (κ1) is 21.0. The van der Waals surface area contributed by atoms with E-state index in [9.17, 15) is 4.79 Å². The van der Waals surface area contributed by atoms with Crippen LogP contribution >= 0.6 is 15.9 Å². The summed E-state index contributed by atoms with van der Waals surface area (Å²) in [5.41, 5.74) is 7.19. The highest BCUT2D eigenvalue weighted by molar-refractivity contribution is 9.10. The van der Waals surface area contributed by atoms with Gasteiger partial charge in [0.05, 0.1) is 17.9 Å². The number of ether oxygens (including phenoxy) is 1. The van der Waals surface area contributed by atoms with E-state index in [1.165, 1.54) is 35.1 Å². The molecule has 0 bridgehead atoms. The van der Waals surface area contributed by atoms with Gasteiger partial charge < -0.3 is 9.72 Å². The van der Waals surface area contributed by atoms with E-state index in [1.54, 1.807) is 0 Å². The maximum atomic E-state index is 13.0. The number of benzene rings is 2. The van der Waals surface area contributed by atoms with Crippen LogP contribution in [0.4, 0.5) is 4.79 Å². The number of imidazole rings is 1. The summed E-state index contributed by atoms with van der Waals surface area (Å²) in [6, 6.07) is 13.1. The molecule has 5 nitrogen and oxygen atoms in total. The molecule has 3 aliphatic rings. The SMILES string of the molecule is CC(C)(C)OC(=O)N1CC2(CC2)C[C@H]1c1ncc(-c2ccc3c(c2)Cc2cc(Br)ccc2-3)[nH]1. The second-order valence-electron chi connectivity index (χ2n) is 10.9. The van der Waals surface area contributed by atoms with Crippen LogP contribution in [0.2, 0.25) is 0 Å². The lowest BCUT2D eigenvalue weighted by atomic mass is 10.0. The van der Waals surface area contributed by atoms with Gasteiger partial charge in [0.2, 0.25) is 0 Å². The van der Waals surface area contributed by atoms with Crippen LogP contribution < -0.4 is 0 Å². The van der Waals surface area contributed by atoms with Crippen molar-refractivity contribution in [3.05, 3.63) is 64.0 Å². The Hall–Kier alpha value is -2.60. The standard InChI is InChI=1S/C27H28BrN3O2/c1-26(2,3)33-25(32)31-15-27(8-9-27)13-23(31)24-29-14-22(30-24)16-4-6-20-17(10-16)11-18-12-19(28)5-7-21(18)20/h4-7,10,12,14,23H,8-9,11,13,15H2,1-3H3,(H,29,30)/t23-/m0/s1. The average Bonchev–Trinajstić information content (AvgIpc) is 3.09. The van der Waals surface area contributed by atoms with Gasteiger partial charge in [-0.2, -0.15) is 0 Å². The molecule has 0 radical (unpaired) electrons. The smallest absolute Gasteiger partial charge is 0.410 e. The number of rotatable bonds is 2. The highest BCUT2D eigenvalue weighted by atomic mass is 79.9. The lowest BCUT2D eigenvalue weighted by Gasteiger charge is -2.27. The van der Waals surface area contributed by atoms with Crippen molar-refractivity contribution in [3.8, 4) is 22.4 Å². The Labute approximate surface area is 202 Å². The molecule has 0 unspecified atom stereocenters. The van der Waals surface area contributed by atoms with Crippen LogP contribution in [0.15, 0.2) is 47.1 Å². The first-order valence-corrected chi connectivity index (χ1v) is 12.5. The minimum Gasteiger partial charge on any atom is -0.444 e. The van der Waals surface area contributed by atoms with Gasteiger partial charge in [-0.05, 0) is 97.9 Å². The third kappa shape index (κ3) is 3.78. The normalized spacial score (nSPS) is 20.1. The monoisotopic (exact) mass is 505 g/mol. The van der Waals surface area contributed by atoms with Crippen molar-refractivity contribution in [1.82, 2.24) is 14.9 Å². The molecule has 33 heavy (non-hydrogen) atoms. The minimum absolute atomic E-state index is 0.0628. The van der Waals surface area contributed by atoms with Gasteiger partial charge in [-0.3, -0.25) is 4.90 Å². The van der Waals surface area contributed by atoms with Crippen LogP contribution in [0.3, 0.4) is 0 Å². The number of H-pyrrole nitrogens is 1. The summed E-state index contributed by atoms with van der Waals surface area (Å²) in [7, 11) is 0. The average molecular weight is 506 g/mol. The zero-order chi connectivity index (χ0) is 23.0. The number of likely N-dealkylation sites (tertiary alicyclic amines) is 1. The quantitative estimate of drug-likeness (QED) is 0.323. The number of fused-ring (bicyclic) bond motifs is 3. The molecule has 1 aliphatic heterocycles. The van der Waals surface area contributed by atoms with Crippen molar-refractivity contribution in [1.29, 1.82) is 0 Å². The highest BCUT2D eigenvalue weighted by Crippen LogP contribution is 2.58. The number of hydrogen-bond acceptors (Lipinski definition) is 3. The summed E-state index contributed by atoms with van der Waals surface area (Å²) < 4.78 is 6.84. The Morgan fingerprint density at radius 2 is 1.88 bits per heavy atom. The molecule has 1 aromatic heterocycles. The fourth-order valence-electron chi connectivity index (χ4n) is 5.35. The van der Waals surface area contributed by atoms with Crippen LogP contribution in [0.5, 0.6) is 0 Å². The van der Waals surface area contributed by atoms with Gasteiger partial charge in [0, 0.05) is 11.0 Å². The number of aromatic amines is 1. The zero-order valence-electron chi connectivity index (χ0n) is 19.2. The molecular formula is C27H28BrN3O2. The van der Waals surface area contributed by atoms with Crippen molar-refractivity contribution in [3.63, 3.8) is 0 Å². The summed E-state index contributed by atoms with van der Waals surface area (Å²) in [5.74, 6) is 0.854. The van der Waals surface area contributed by atoms with Gasteiger partial charge in [-0.15, -0.1) is 0 Å². The second-order valence-corrected chi connectivity index (χ2v) is 11.8. The fraction of sp³-hybridized carbons (Fsp3) is 0.407. The van der Waals surface area contributed by atoms with E-state index in [1.807, 2.05) is 31.9 Å². The molecule has 6 heteroatoms. The first-order valence-electron chi connectivity index (χ1n) is 11.7. The first-order chi connectivity index (χ1) is 15.7. The van der Waals surface area contributed by atoms with Crippen LogP contribution in [0.25, 0.3) is 22.4 Å². The van der Waals surface area contributed by atoms with E-state index in [-0.39, 0.29) is 17.6 Å². The summed E-state index contributed by atoms with van der Waals surface area (Å²) >= 11 is 3.59. The number of nitrogens with one attached hydrogen (secondary N) is 1. The number of hydrogen-bond donors (Lipinski definition) is 1. The molecule has 3 aromatic rings. The van der Waals surface area contributed by atoms with Gasteiger partial charge >= 0.3 is 6.09 Å². The van der Waals surface area contributed by atoms with E-state index in [0.717, 1.165) is 40.9 Å². The molecular weight excluding hydrogens is 478 g/mol. The topological polar surface area (TPSA) is 58.2 Å². The van der Waals surface area contributed by atoms with Gasteiger partial charge in [0.25, 0.3) is 0 Å². The molecule has 2 heterocycles. The minimum atomic E-state index is -0.507. The summed E-state index contributed by atoms with van der Waals surface area (Å²) in [6.07, 6.45) is 5.91. The van der Waals surface area contributed by atoms with Crippen LogP contribution in [-0.4, -0.2) is 33.1 Å². The van der Waals surface area contributed by atoms with Crippen molar-refractivity contribution in [2.45, 2.75) is 58.1 Å². The highest BCUT2D eigenvalue weighted by Gasteiger charge is 2.55. The Balaban J connectivity index is 1.27. The van der Waals surface area contributed by atoms with Crippen LogP contribution in [-0.2, 0) is 11.2 Å². The van der Waals surface area contributed by atoms with E-state index in [0.29, 0.717) is 0 Å². The Morgan fingerprint density at radius 3 is 2.61 bits per heavy atom. The molecule has 6 rings (SSSR count). The van der Waals surface area contributed by atoms with Crippen molar-refractivity contribution in [2.75, 3.05) is 6.54 Å². The summed E-state index contributed by atoms with van der Waals surface area (Å²) in [6.45, 7) is 6.51. The van der Waals surface area contributed by atoms with Crippen molar-refractivity contribution < 1.29 is 9.53 Å². The summed E-state index contributed by atoms with van der Waals surface area (Å²) in [5, 5.41) is 0. The molecule has 2 aliphatic carbocycles. The number of nitrogens with zero attached hydrogens (tertiary/aromatic N) is 2. The van der Waals surface area contributed by atoms with E-state index in [2.05, 4.69) is 57.3 Å². The predicted molar refractivity (Wildman–Crippen MR) is 132 cm³/mol. The molecule has 2 fully saturated rings. The van der Waals surface area contributed by atoms with Gasteiger partial charge in [0.15, 0.2) is 0 Å². The third-order valence-electron chi connectivity index (χ3n) is 7.16. The second kappa shape index (κ2) is 7.20. The molecule has 1 spiro atoms. The molecule has 170 valence electrons. The molecule has 1 amide bonds. The maximum absolute atomic E-state index is 13.0. The Bertz CT molecular complexity index is 1270. The molecule has 1 saturated carbocycles. The lowest BCUT2D eigenvalue weighted by molar-refractivity contribution is 0.0212. The van der Waals surface area contributed by atoms with E-state index >= 15 is 0 Å². The number of halogens is 1. The van der Waals surface area contributed by atoms with Crippen molar-refractivity contribution >= 4 is 22.0 Å². The molecule has 1 saturated heterocycles. The van der Waals surface area contributed by atoms with Crippen LogP contribution in [0.1, 0.15) is 63.0 Å². The van der Waals surface area contributed by atoms with Gasteiger partial charge in [0.1, 0.15) is 11.4 Å². The third-order valence-corrected chi connectivity index (χ3v) is 7.65. The Morgan fingerprint density at radius 1 is 1.15 bits per heavy atom. The van der Waals surface area contributed by atoms with Crippen molar-refractivity contribution in [2.24, 2.45) is 5.41 Å². The van der Waals surface area contributed by atoms with Gasteiger partial charge in [-0.1, -0.05) is 34.1 Å².